The number of fused-ring (bicyclic) bond motifs is 1. The van der Waals surface area contributed by atoms with Crippen LogP contribution in [0.5, 0.6) is 0 Å². The average Bonchev–Trinajstić information content (AvgIpc) is 3.06. The molecule has 26 heavy (non-hydrogen) atoms. The van der Waals surface area contributed by atoms with Gasteiger partial charge in [0.05, 0.1) is 6.26 Å². The Hall–Kier alpha value is -2.98. The van der Waals surface area contributed by atoms with Gasteiger partial charge in [-0.2, -0.15) is 0 Å². The van der Waals surface area contributed by atoms with Crippen LogP contribution >= 0.6 is 11.6 Å². The van der Waals surface area contributed by atoms with Gasteiger partial charge in [-0.25, -0.2) is 0 Å². The summed E-state index contributed by atoms with van der Waals surface area (Å²) in [7, 11) is 0. The number of allylic oxidation sites excluding steroid dienone is 1. The Balaban J connectivity index is 1.70. The van der Waals surface area contributed by atoms with Crippen molar-refractivity contribution in [1.29, 1.82) is 0 Å². The molecule has 5 heteroatoms. The van der Waals surface area contributed by atoms with Crippen LogP contribution in [0.25, 0.3) is 16.7 Å². The van der Waals surface area contributed by atoms with E-state index in [0.717, 1.165) is 22.0 Å². The van der Waals surface area contributed by atoms with Gasteiger partial charge in [-0.15, -0.1) is 0 Å². The molecule has 0 unspecified atom stereocenters. The van der Waals surface area contributed by atoms with Crippen LogP contribution < -0.4 is 5.32 Å². The Morgan fingerprint density at radius 3 is 2.65 bits per heavy atom. The standard InChI is InChI=1S/C21H19ClN2O2/c1-3-20(26-4-2)14-5-7-15(8-6-14)21(25)24-13-16-12-23-19-10-9-17(22)11-18(16)19/h3-12,23H,2,13H2,1H3,(H,24,25). The molecule has 0 spiro atoms. The molecule has 0 aliphatic rings. The van der Waals surface area contributed by atoms with Crippen LogP contribution in [0.15, 0.2) is 67.6 Å². The summed E-state index contributed by atoms with van der Waals surface area (Å²) in [6.07, 6.45) is 5.11. The van der Waals surface area contributed by atoms with Crippen molar-refractivity contribution in [1.82, 2.24) is 10.3 Å². The normalized spacial score (nSPS) is 11.4. The quantitative estimate of drug-likeness (QED) is 0.584. The average molecular weight is 367 g/mol. The second kappa shape index (κ2) is 7.93. The minimum absolute atomic E-state index is 0.139. The number of hydrogen-bond donors (Lipinski definition) is 2. The lowest BCUT2D eigenvalue weighted by Crippen LogP contribution is -2.22. The molecular weight excluding hydrogens is 348 g/mol. The van der Waals surface area contributed by atoms with Crippen molar-refractivity contribution in [2.45, 2.75) is 13.5 Å². The van der Waals surface area contributed by atoms with Crippen molar-refractivity contribution >= 4 is 34.2 Å². The Bertz CT molecular complexity index is 971. The molecule has 3 aromatic rings. The summed E-state index contributed by atoms with van der Waals surface area (Å²) in [6.45, 7) is 5.86. The van der Waals surface area contributed by atoms with Gasteiger partial charge in [0.15, 0.2) is 0 Å². The van der Waals surface area contributed by atoms with Crippen molar-refractivity contribution in [3.8, 4) is 0 Å². The van der Waals surface area contributed by atoms with Gasteiger partial charge in [0.2, 0.25) is 0 Å². The number of H-pyrrole nitrogens is 1. The number of amides is 1. The Morgan fingerprint density at radius 1 is 1.23 bits per heavy atom. The van der Waals surface area contributed by atoms with E-state index in [1.54, 1.807) is 12.1 Å². The highest BCUT2D eigenvalue weighted by Gasteiger charge is 2.09. The summed E-state index contributed by atoms with van der Waals surface area (Å²) in [5.74, 6) is 0.558. The molecule has 0 atom stereocenters. The molecule has 3 rings (SSSR count). The fourth-order valence-corrected chi connectivity index (χ4v) is 2.92. The number of carbonyl (C=O) groups excluding carboxylic acids is 1. The zero-order chi connectivity index (χ0) is 18.5. The number of nitrogens with one attached hydrogen (secondary N) is 2. The van der Waals surface area contributed by atoms with E-state index in [4.69, 9.17) is 16.3 Å². The molecule has 1 heterocycles. The highest BCUT2D eigenvalue weighted by molar-refractivity contribution is 6.31. The molecule has 0 fully saturated rings. The molecule has 0 radical (unpaired) electrons. The molecule has 0 aliphatic heterocycles. The number of aromatic nitrogens is 1. The molecule has 0 saturated heterocycles. The maximum Gasteiger partial charge on any atom is 0.251 e. The molecule has 0 saturated carbocycles. The molecule has 132 valence electrons. The largest absolute Gasteiger partial charge is 0.465 e. The summed E-state index contributed by atoms with van der Waals surface area (Å²) in [5.41, 5.74) is 3.45. The summed E-state index contributed by atoms with van der Waals surface area (Å²) in [5, 5.41) is 4.61. The number of ether oxygens (including phenoxy) is 1. The van der Waals surface area contributed by atoms with Crippen molar-refractivity contribution < 1.29 is 9.53 Å². The minimum Gasteiger partial charge on any atom is -0.465 e. The van der Waals surface area contributed by atoms with Crippen LogP contribution in [0.1, 0.15) is 28.4 Å². The molecule has 2 N–H and O–H groups in total. The first-order valence-electron chi connectivity index (χ1n) is 8.20. The maximum atomic E-state index is 12.4. The highest BCUT2D eigenvalue weighted by Crippen LogP contribution is 2.22. The Labute approximate surface area is 157 Å². The first kappa shape index (κ1) is 17.8. The lowest BCUT2D eigenvalue weighted by molar-refractivity contribution is 0.0951. The molecule has 1 amide bonds. The Morgan fingerprint density at radius 2 is 1.96 bits per heavy atom. The smallest absolute Gasteiger partial charge is 0.251 e. The van der Waals surface area contributed by atoms with Crippen LogP contribution in [-0.2, 0) is 11.3 Å². The number of halogens is 1. The number of benzene rings is 2. The second-order valence-electron chi connectivity index (χ2n) is 5.70. The first-order valence-corrected chi connectivity index (χ1v) is 8.58. The number of rotatable bonds is 6. The zero-order valence-electron chi connectivity index (χ0n) is 14.4. The fourth-order valence-electron chi connectivity index (χ4n) is 2.75. The molecule has 2 aromatic carbocycles. The van der Waals surface area contributed by atoms with Crippen LogP contribution in [0.3, 0.4) is 0 Å². The third kappa shape index (κ3) is 3.81. The van der Waals surface area contributed by atoms with E-state index in [2.05, 4.69) is 16.9 Å². The summed E-state index contributed by atoms with van der Waals surface area (Å²) in [6, 6.07) is 12.9. The van der Waals surface area contributed by atoms with Gasteiger partial charge in [0, 0.05) is 39.8 Å². The number of hydrogen-bond acceptors (Lipinski definition) is 2. The molecule has 1 aromatic heterocycles. The van der Waals surface area contributed by atoms with E-state index in [1.165, 1.54) is 6.26 Å². The fraction of sp³-hybridized carbons (Fsp3) is 0.0952. The summed E-state index contributed by atoms with van der Waals surface area (Å²) < 4.78 is 5.33. The second-order valence-corrected chi connectivity index (χ2v) is 6.14. The van der Waals surface area contributed by atoms with Crippen LogP contribution in [0.2, 0.25) is 5.02 Å². The van der Waals surface area contributed by atoms with E-state index in [1.807, 2.05) is 49.5 Å². The van der Waals surface area contributed by atoms with E-state index in [0.29, 0.717) is 22.9 Å². The minimum atomic E-state index is -0.139. The predicted octanol–water partition coefficient (Wildman–Crippen LogP) is 5.27. The topological polar surface area (TPSA) is 54.1 Å². The van der Waals surface area contributed by atoms with E-state index in [-0.39, 0.29) is 5.91 Å². The SMILES string of the molecule is C=COC(=CC)c1ccc(C(=O)NCc2c[nH]c3ccc(Cl)cc23)cc1. The van der Waals surface area contributed by atoms with Crippen LogP contribution in [-0.4, -0.2) is 10.9 Å². The van der Waals surface area contributed by atoms with Crippen LogP contribution in [0, 0.1) is 0 Å². The van der Waals surface area contributed by atoms with Gasteiger partial charge < -0.3 is 15.0 Å². The van der Waals surface area contributed by atoms with Gasteiger partial charge >= 0.3 is 0 Å². The summed E-state index contributed by atoms with van der Waals surface area (Å²) in [4.78, 5) is 15.6. The van der Waals surface area contributed by atoms with Crippen molar-refractivity contribution in [3.05, 3.63) is 89.3 Å². The molecule has 4 nitrogen and oxygen atoms in total. The summed E-state index contributed by atoms with van der Waals surface area (Å²) >= 11 is 6.06. The molecular formula is C21H19ClN2O2. The van der Waals surface area contributed by atoms with Crippen LogP contribution in [0.4, 0.5) is 0 Å². The van der Waals surface area contributed by atoms with Gasteiger partial charge in [-0.1, -0.05) is 30.3 Å². The third-order valence-corrected chi connectivity index (χ3v) is 4.31. The van der Waals surface area contributed by atoms with E-state index in [9.17, 15) is 4.79 Å². The van der Waals surface area contributed by atoms with Crippen molar-refractivity contribution in [2.75, 3.05) is 0 Å². The lowest BCUT2D eigenvalue weighted by Gasteiger charge is -2.08. The Kier molecular flexibility index (Phi) is 5.44. The maximum absolute atomic E-state index is 12.4. The molecule has 0 bridgehead atoms. The van der Waals surface area contributed by atoms with Gasteiger partial charge in [0.1, 0.15) is 5.76 Å². The predicted molar refractivity (Wildman–Crippen MR) is 106 cm³/mol. The lowest BCUT2D eigenvalue weighted by atomic mass is 10.1. The van der Waals surface area contributed by atoms with E-state index < -0.39 is 0 Å². The highest BCUT2D eigenvalue weighted by atomic mass is 35.5. The number of aromatic amines is 1. The zero-order valence-corrected chi connectivity index (χ0v) is 15.1. The van der Waals surface area contributed by atoms with Gasteiger partial charge in [-0.3, -0.25) is 4.79 Å². The monoisotopic (exact) mass is 366 g/mol. The van der Waals surface area contributed by atoms with Crippen molar-refractivity contribution in [3.63, 3.8) is 0 Å². The number of carbonyl (C=O) groups is 1. The molecule has 0 aliphatic carbocycles. The third-order valence-electron chi connectivity index (χ3n) is 4.07. The first-order chi connectivity index (χ1) is 12.6. The van der Waals surface area contributed by atoms with E-state index >= 15 is 0 Å². The van der Waals surface area contributed by atoms with Gasteiger partial charge in [-0.05, 0) is 48.9 Å². The van der Waals surface area contributed by atoms with Crippen molar-refractivity contribution in [2.24, 2.45) is 0 Å². The van der Waals surface area contributed by atoms with Gasteiger partial charge in [0.25, 0.3) is 5.91 Å².